The number of fused-ring (bicyclic) bond motifs is 9. The summed E-state index contributed by atoms with van der Waals surface area (Å²) in [7, 11) is 3.23. The van der Waals surface area contributed by atoms with Gasteiger partial charge in [0.15, 0.2) is 11.5 Å². The highest BCUT2D eigenvalue weighted by atomic mass is 35.5. The molecule has 1 fully saturated rings. The monoisotopic (exact) mass is 547 g/mol. The minimum Gasteiger partial charge on any atom is -0.493 e. The van der Waals surface area contributed by atoms with E-state index >= 15 is 0 Å². The number of nitrogens with zero attached hydrogens (tertiary/aromatic N) is 1. The third-order valence-corrected chi connectivity index (χ3v) is 6.67. The zero-order valence-corrected chi connectivity index (χ0v) is 22.9. The fraction of sp³-hybridized carbons (Fsp3) is 0.500. The van der Waals surface area contributed by atoms with Crippen molar-refractivity contribution in [2.45, 2.75) is 44.4 Å². The summed E-state index contributed by atoms with van der Waals surface area (Å²) in [5.74, 6) is 1.62. The summed E-state index contributed by atoms with van der Waals surface area (Å²) >= 11 is 0. The third-order valence-electron chi connectivity index (χ3n) is 6.67. The van der Waals surface area contributed by atoms with Crippen molar-refractivity contribution in [3.8, 4) is 17.2 Å². The van der Waals surface area contributed by atoms with Gasteiger partial charge in [0.2, 0.25) is 11.8 Å². The van der Waals surface area contributed by atoms with Crippen molar-refractivity contribution < 1.29 is 28.5 Å². The smallest absolute Gasteiger partial charge is 0.239 e. The first-order valence-corrected chi connectivity index (χ1v) is 12.9. The van der Waals surface area contributed by atoms with E-state index in [1.54, 1.807) is 19.1 Å². The number of halogens is 1. The molecule has 0 spiro atoms. The van der Waals surface area contributed by atoms with E-state index in [-0.39, 0.29) is 49.3 Å². The summed E-state index contributed by atoms with van der Waals surface area (Å²) in [5.41, 5.74) is 1.93. The van der Waals surface area contributed by atoms with Crippen LogP contribution in [0.4, 0.5) is 0 Å². The molecule has 2 N–H and O–H groups in total. The first-order chi connectivity index (χ1) is 18.1. The van der Waals surface area contributed by atoms with E-state index in [1.807, 2.05) is 42.5 Å². The quantitative estimate of drug-likeness (QED) is 0.555. The number of methoxy groups -OCH3 is 2. The molecule has 10 heteroatoms. The van der Waals surface area contributed by atoms with Crippen LogP contribution < -0.4 is 20.1 Å². The lowest BCUT2D eigenvalue weighted by Gasteiger charge is -2.33. The van der Waals surface area contributed by atoms with E-state index in [1.165, 1.54) is 0 Å². The maximum atomic E-state index is 13.2. The van der Waals surface area contributed by atoms with Gasteiger partial charge in [0, 0.05) is 33.2 Å². The number of piperidine rings is 1. The van der Waals surface area contributed by atoms with E-state index in [0.29, 0.717) is 56.4 Å². The molecule has 0 radical (unpaired) electrons. The number of carbonyl (C=O) groups excluding carboxylic acids is 2. The SMILES string of the molecule is COCCCN1CC(=O)N[C@H]2CNCC[C@H]2OCc2cccc(c2)Oc2ccc(cc2OC)CCC1=O.Cl. The highest BCUT2D eigenvalue weighted by Crippen LogP contribution is 2.33. The maximum Gasteiger partial charge on any atom is 0.239 e. The lowest BCUT2D eigenvalue weighted by molar-refractivity contribution is -0.137. The van der Waals surface area contributed by atoms with Gasteiger partial charge in [-0.2, -0.15) is 0 Å². The molecule has 3 aliphatic rings. The Balaban J connectivity index is 0.00000400. The predicted octanol–water partition coefficient (Wildman–Crippen LogP) is 3.08. The molecule has 38 heavy (non-hydrogen) atoms. The van der Waals surface area contributed by atoms with Gasteiger partial charge in [-0.25, -0.2) is 0 Å². The summed E-state index contributed by atoms with van der Waals surface area (Å²) in [6, 6.07) is 13.3. The van der Waals surface area contributed by atoms with Crippen molar-refractivity contribution in [3.05, 3.63) is 53.6 Å². The van der Waals surface area contributed by atoms with E-state index < -0.39 is 0 Å². The lowest BCUT2D eigenvalue weighted by Crippen LogP contribution is -2.56. The summed E-state index contributed by atoms with van der Waals surface area (Å²) in [6.45, 7) is 2.81. The second-order valence-electron chi connectivity index (χ2n) is 9.41. The van der Waals surface area contributed by atoms with Gasteiger partial charge in [-0.05, 0) is 61.2 Å². The Morgan fingerprint density at radius 1 is 1.08 bits per heavy atom. The number of hydrogen-bond donors (Lipinski definition) is 2. The Kier molecular flexibility index (Phi) is 11.7. The highest BCUT2D eigenvalue weighted by Gasteiger charge is 2.28. The molecule has 0 aromatic heterocycles. The molecule has 3 aliphatic heterocycles. The van der Waals surface area contributed by atoms with E-state index in [9.17, 15) is 9.59 Å². The van der Waals surface area contributed by atoms with Crippen LogP contribution in [0.2, 0.25) is 0 Å². The fourth-order valence-corrected chi connectivity index (χ4v) is 4.69. The highest BCUT2D eigenvalue weighted by molar-refractivity contribution is 5.85. The predicted molar refractivity (Wildman–Crippen MR) is 146 cm³/mol. The van der Waals surface area contributed by atoms with E-state index in [2.05, 4.69) is 10.6 Å². The minimum absolute atomic E-state index is 0. The largest absolute Gasteiger partial charge is 0.493 e. The first kappa shape index (κ1) is 29.7. The Bertz CT molecular complexity index is 1070. The van der Waals surface area contributed by atoms with Gasteiger partial charge in [-0.15, -0.1) is 12.4 Å². The van der Waals surface area contributed by atoms with Crippen molar-refractivity contribution in [2.75, 3.05) is 47.0 Å². The first-order valence-electron chi connectivity index (χ1n) is 12.9. The van der Waals surface area contributed by atoms with Crippen molar-refractivity contribution >= 4 is 24.2 Å². The van der Waals surface area contributed by atoms with Gasteiger partial charge in [-0.3, -0.25) is 9.59 Å². The molecule has 3 heterocycles. The molecule has 0 aliphatic carbocycles. The molecule has 2 aromatic carbocycles. The van der Waals surface area contributed by atoms with Gasteiger partial charge in [0.25, 0.3) is 0 Å². The second kappa shape index (κ2) is 14.9. The van der Waals surface area contributed by atoms with Crippen LogP contribution in [0.1, 0.15) is 30.4 Å². The van der Waals surface area contributed by atoms with Crippen LogP contribution in [-0.2, 0) is 32.1 Å². The number of ether oxygens (including phenoxy) is 4. The van der Waals surface area contributed by atoms with Gasteiger partial charge in [0.1, 0.15) is 5.75 Å². The zero-order valence-electron chi connectivity index (χ0n) is 22.1. The average Bonchev–Trinajstić information content (AvgIpc) is 2.91. The van der Waals surface area contributed by atoms with Gasteiger partial charge in [-0.1, -0.05) is 18.2 Å². The Morgan fingerprint density at radius 3 is 2.76 bits per heavy atom. The van der Waals surface area contributed by atoms with Crippen molar-refractivity contribution in [3.63, 3.8) is 0 Å². The number of nitrogens with one attached hydrogen (secondary N) is 2. The zero-order chi connectivity index (χ0) is 26.0. The normalized spacial score (nSPS) is 20.6. The number of aryl methyl sites for hydroxylation is 1. The van der Waals surface area contributed by atoms with Crippen LogP contribution >= 0.6 is 12.4 Å². The molecular formula is C28H38ClN3O6. The average molecular weight is 548 g/mol. The third kappa shape index (κ3) is 8.33. The molecule has 0 unspecified atom stereocenters. The lowest BCUT2D eigenvalue weighted by atomic mass is 10.0. The Hall–Kier alpha value is -2.85. The van der Waals surface area contributed by atoms with E-state index in [0.717, 1.165) is 24.1 Å². The molecule has 2 aromatic rings. The number of hydrogen-bond acceptors (Lipinski definition) is 7. The van der Waals surface area contributed by atoms with Crippen molar-refractivity contribution in [1.82, 2.24) is 15.5 Å². The van der Waals surface area contributed by atoms with Crippen LogP contribution in [0.3, 0.4) is 0 Å². The molecule has 0 saturated carbocycles. The maximum absolute atomic E-state index is 13.2. The Morgan fingerprint density at radius 2 is 1.95 bits per heavy atom. The van der Waals surface area contributed by atoms with Crippen molar-refractivity contribution in [1.29, 1.82) is 0 Å². The van der Waals surface area contributed by atoms with Crippen LogP contribution in [0.15, 0.2) is 42.5 Å². The number of benzene rings is 2. The standard InChI is InChI=1S/C28H37N3O6.ClH/c1-34-14-4-13-31-18-27(32)30-23-17-29-12-11-24(23)36-19-21-5-3-6-22(15-21)37-25-9-7-20(8-10-28(31)33)16-26(25)35-2;/h3,5-7,9,15-16,23-24,29H,4,8,10-14,17-19H2,1-2H3,(H,30,32);1H/t23-,24+;/m0./s1. The Labute approximate surface area is 230 Å². The second-order valence-corrected chi connectivity index (χ2v) is 9.41. The topological polar surface area (TPSA) is 98.4 Å². The molecule has 208 valence electrons. The molecule has 2 amide bonds. The molecule has 2 atom stereocenters. The van der Waals surface area contributed by atoms with Crippen molar-refractivity contribution in [2.24, 2.45) is 0 Å². The summed E-state index contributed by atoms with van der Waals surface area (Å²) in [4.78, 5) is 27.8. The molecule has 4 bridgehead atoms. The summed E-state index contributed by atoms with van der Waals surface area (Å²) in [5, 5.41) is 6.43. The number of rotatable bonds is 5. The van der Waals surface area contributed by atoms with Crippen LogP contribution in [-0.4, -0.2) is 75.9 Å². The molecule has 1 saturated heterocycles. The van der Waals surface area contributed by atoms with Crippen LogP contribution in [0, 0.1) is 0 Å². The van der Waals surface area contributed by atoms with Crippen LogP contribution in [0.25, 0.3) is 0 Å². The van der Waals surface area contributed by atoms with E-state index in [4.69, 9.17) is 18.9 Å². The number of amides is 2. The molecular weight excluding hydrogens is 510 g/mol. The summed E-state index contributed by atoms with van der Waals surface area (Å²) in [6.07, 6.45) is 2.10. The number of carbonyl (C=O) groups is 2. The minimum atomic E-state index is -0.188. The summed E-state index contributed by atoms with van der Waals surface area (Å²) < 4.78 is 23.1. The van der Waals surface area contributed by atoms with Gasteiger partial charge >= 0.3 is 0 Å². The van der Waals surface area contributed by atoms with Crippen LogP contribution in [0.5, 0.6) is 17.2 Å². The van der Waals surface area contributed by atoms with Gasteiger partial charge in [0.05, 0.1) is 32.4 Å². The molecule has 5 rings (SSSR count). The fourth-order valence-electron chi connectivity index (χ4n) is 4.69. The molecule has 9 nitrogen and oxygen atoms in total. The van der Waals surface area contributed by atoms with Gasteiger partial charge < -0.3 is 34.5 Å².